The van der Waals surface area contributed by atoms with Crippen LogP contribution in [0.25, 0.3) is 0 Å². The van der Waals surface area contributed by atoms with Crippen molar-refractivity contribution in [3.63, 3.8) is 0 Å². The molecule has 2 fully saturated rings. The molecule has 2 N–H and O–H groups in total. The molecule has 2 rings (SSSR count). The number of piperidine rings is 1. The zero-order valence-corrected chi connectivity index (χ0v) is 11.8. The Hall–Kier alpha value is -0.610. The molecule has 1 aliphatic heterocycles. The molecule has 2 unspecified atom stereocenters. The Morgan fingerprint density at radius 2 is 1.89 bits per heavy atom. The molecule has 18 heavy (non-hydrogen) atoms. The van der Waals surface area contributed by atoms with E-state index in [1.807, 2.05) is 0 Å². The van der Waals surface area contributed by atoms with Crippen LogP contribution in [0.15, 0.2) is 0 Å². The van der Waals surface area contributed by atoms with E-state index in [1.165, 1.54) is 6.42 Å². The SMILES string of the molecule is CN(C)C1CCN(C(=O)C2CCCC2CN)CC1. The van der Waals surface area contributed by atoms with Crippen molar-refractivity contribution in [2.24, 2.45) is 17.6 Å². The average Bonchev–Trinajstić information content (AvgIpc) is 2.86. The Labute approximate surface area is 110 Å². The van der Waals surface area contributed by atoms with Crippen molar-refractivity contribution in [1.29, 1.82) is 0 Å². The van der Waals surface area contributed by atoms with Gasteiger partial charge in [-0.25, -0.2) is 0 Å². The fraction of sp³-hybridized carbons (Fsp3) is 0.929. The third-order valence-electron chi connectivity index (χ3n) is 4.79. The van der Waals surface area contributed by atoms with E-state index in [0.29, 0.717) is 24.4 Å². The second kappa shape index (κ2) is 6.02. The molecule has 4 nitrogen and oxygen atoms in total. The van der Waals surface area contributed by atoms with Crippen molar-refractivity contribution in [3.8, 4) is 0 Å². The van der Waals surface area contributed by atoms with Gasteiger partial charge in [-0.15, -0.1) is 0 Å². The fourth-order valence-electron chi connectivity index (χ4n) is 3.48. The van der Waals surface area contributed by atoms with Gasteiger partial charge in [-0.1, -0.05) is 6.42 Å². The first kappa shape index (κ1) is 13.8. The van der Waals surface area contributed by atoms with Gasteiger partial charge in [0.15, 0.2) is 0 Å². The maximum Gasteiger partial charge on any atom is 0.226 e. The highest BCUT2D eigenvalue weighted by Crippen LogP contribution is 2.33. The molecule has 4 heteroatoms. The summed E-state index contributed by atoms with van der Waals surface area (Å²) in [4.78, 5) is 16.9. The van der Waals surface area contributed by atoms with Crippen LogP contribution >= 0.6 is 0 Å². The van der Waals surface area contributed by atoms with Crippen LogP contribution in [0.2, 0.25) is 0 Å². The van der Waals surface area contributed by atoms with Crippen LogP contribution in [0, 0.1) is 11.8 Å². The van der Waals surface area contributed by atoms with E-state index in [4.69, 9.17) is 5.73 Å². The number of hydrogen-bond acceptors (Lipinski definition) is 3. The first-order valence-electron chi connectivity index (χ1n) is 7.28. The molecular weight excluding hydrogens is 226 g/mol. The van der Waals surface area contributed by atoms with Gasteiger partial charge in [0.1, 0.15) is 0 Å². The minimum Gasteiger partial charge on any atom is -0.342 e. The predicted octanol–water partition coefficient (Wildman–Crippen LogP) is 0.914. The lowest BCUT2D eigenvalue weighted by atomic mass is 9.93. The van der Waals surface area contributed by atoms with Crippen LogP contribution in [0.5, 0.6) is 0 Å². The highest BCUT2D eigenvalue weighted by atomic mass is 16.2. The zero-order chi connectivity index (χ0) is 13.1. The van der Waals surface area contributed by atoms with Crippen LogP contribution in [-0.2, 0) is 4.79 Å². The number of carbonyl (C=O) groups excluding carboxylic acids is 1. The molecule has 2 atom stereocenters. The van der Waals surface area contributed by atoms with Crippen molar-refractivity contribution in [3.05, 3.63) is 0 Å². The van der Waals surface area contributed by atoms with Crippen LogP contribution in [0.3, 0.4) is 0 Å². The second-order valence-corrected chi connectivity index (χ2v) is 6.05. The number of rotatable bonds is 3. The summed E-state index contributed by atoms with van der Waals surface area (Å²) in [6, 6.07) is 0.642. The van der Waals surface area contributed by atoms with E-state index in [1.54, 1.807) is 0 Å². The third-order valence-corrected chi connectivity index (χ3v) is 4.79. The predicted molar refractivity (Wildman–Crippen MR) is 73.2 cm³/mol. The van der Waals surface area contributed by atoms with Crippen LogP contribution in [0.1, 0.15) is 32.1 Å². The lowest BCUT2D eigenvalue weighted by Gasteiger charge is -2.37. The Morgan fingerprint density at radius 3 is 2.44 bits per heavy atom. The summed E-state index contributed by atoms with van der Waals surface area (Å²) >= 11 is 0. The summed E-state index contributed by atoms with van der Waals surface area (Å²) < 4.78 is 0. The van der Waals surface area contributed by atoms with Gasteiger partial charge < -0.3 is 15.5 Å². The molecule has 2 aliphatic rings. The highest BCUT2D eigenvalue weighted by molar-refractivity contribution is 5.79. The van der Waals surface area contributed by atoms with Crippen LogP contribution < -0.4 is 5.73 Å². The van der Waals surface area contributed by atoms with E-state index in [2.05, 4.69) is 23.9 Å². The molecule has 104 valence electrons. The summed E-state index contributed by atoms with van der Waals surface area (Å²) in [5.41, 5.74) is 5.78. The average molecular weight is 253 g/mol. The van der Waals surface area contributed by atoms with Crippen LogP contribution in [0.4, 0.5) is 0 Å². The first-order valence-corrected chi connectivity index (χ1v) is 7.28. The standard InChI is InChI=1S/C14H27N3O/c1-16(2)12-6-8-17(9-7-12)14(18)13-5-3-4-11(13)10-15/h11-13H,3-10,15H2,1-2H3. The van der Waals surface area contributed by atoms with Gasteiger partial charge in [-0.3, -0.25) is 4.79 Å². The summed E-state index contributed by atoms with van der Waals surface area (Å²) in [5, 5.41) is 0. The zero-order valence-electron chi connectivity index (χ0n) is 11.8. The topological polar surface area (TPSA) is 49.6 Å². The van der Waals surface area contributed by atoms with E-state index in [-0.39, 0.29) is 5.92 Å². The molecule has 1 heterocycles. The maximum absolute atomic E-state index is 12.5. The molecule has 1 amide bonds. The summed E-state index contributed by atoms with van der Waals surface area (Å²) in [5.74, 6) is 1.02. The molecule has 0 aromatic rings. The largest absolute Gasteiger partial charge is 0.342 e. The molecule has 1 aliphatic carbocycles. The molecule has 1 saturated carbocycles. The minimum absolute atomic E-state index is 0.214. The normalized spacial score (nSPS) is 30.1. The van der Waals surface area contributed by atoms with Gasteiger partial charge in [0, 0.05) is 25.0 Å². The lowest BCUT2D eigenvalue weighted by Crippen LogP contribution is -2.47. The molecule has 0 aromatic heterocycles. The minimum atomic E-state index is 0.214. The van der Waals surface area contributed by atoms with Crippen molar-refractivity contribution in [1.82, 2.24) is 9.80 Å². The Kier molecular flexibility index (Phi) is 4.62. The van der Waals surface area contributed by atoms with Gasteiger partial charge in [0.2, 0.25) is 5.91 Å². The molecule has 1 saturated heterocycles. The maximum atomic E-state index is 12.5. The Balaban J connectivity index is 1.87. The van der Waals surface area contributed by atoms with Crippen molar-refractivity contribution in [2.45, 2.75) is 38.1 Å². The quantitative estimate of drug-likeness (QED) is 0.813. The number of nitrogens with two attached hydrogens (primary N) is 1. The molecule has 0 bridgehead atoms. The van der Waals surface area contributed by atoms with Gasteiger partial charge in [0.05, 0.1) is 0 Å². The van der Waals surface area contributed by atoms with E-state index >= 15 is 0 Å². The van der Waals surface area contributed by atoms with Crippen molar-refractivity contribution in [2.75, 3.05) is 33.7 Å². The first-order chi connectivity index (χ1) is 8.63. The third kappa shape index (κ3) is 2.86. The lowest BCUT2D eigenvalue weighted by molar-refractivity contribution is -0.138. The van der Waals surface area contributed by atoms with Crippen LogP contribution in [-0.4, -0.2) is 55.5 Å². The second-order valence-electron chi connectivity index (χ2n) is 6.05. The summed E-state index contributed by atoms with van der Waals surface area (Å²) in [6.45, 7) is 2.52. The monoisotopic (exact) mass is 253 g/mol. The number of likely N-dealkylation sites (tertiary alicyclic amines) is 1. The highest BCUT2D eigenvalue weighted by Gasteiger charge is 2.35. The Morgan fingerprint density at radius 1 is 1.22 bits per heavy atom. The van der Waals surface area contributed by atoms with E-state index < -0.39 is 0 Å². The Bertz CT molecular complexity index is 285. The van der Waals surface area contributed by atoms with Gasteiger partial charge in [-0.2, -0.15) is 0 Å². The van der Waals surface area contributed by atoms with Gasteiger partial charge in [-0.05, 0) is 52.2 Å². The van der Waals surface area contributed by atoms with Crippen molar-refractivity contribution >= 4 is 5.91 Å². The fourth-order valence-corrected chi connectivity index (χ4v) is 3.48. The van der Waals surface area contributed by atoms with Gasteiger partial charge in [0.25, 0.3) is 0 Å². The van der Waals surface area contributed by atoms with E-state index in [9.17, 15) is 4.79 Å². The number of hydrogen-bond donors (Lipinski definition) is 1. The molecule has 0 radical (unpaired) electrons. The molecule has 0 aromatic carbocycles. The number of amides is 1. The van der Waals surface area contributed by atoms with Gasteiger partial charge >= 0.3 is 0 Å². The summed E-state index contributed by atoms with van der Waals surface area (Å²) in [7, 11) is 4.26. The molecular formula is C14H27N3O. The number of nitrogens with zero attached hydrogens (tertiary/aromatic N) is 2. The molecule has 0 spiro atoms. The number of carbonyl (C=O) groups is 1. The van der Waals surface area contributed by atoms with Crippen molar-refractivity contribution < 1.29 is 4.79 Å². The van der Waals surface area contributed by atoms with E-state index in [0.717, 1.165) is 38.8 Å². The summed E-state index contributed by atoms with van der Waals surface area (Å²) in [6.07, 6.45) is 5.58. The smallest absolute Gasteiger partial charge is 0.226 e.